The van der Waals surface area contributed by atoms with Gasteiger partial charge in [0.25, 0.3) is 0 Å². The second-order valence-corrected chi connectivity index (χ2v) is 3.85. The maximum absolute atomic E-state index is 5.57. The van der Waals surface area contributed by atoms with Crippen LogP contribution in [-0.2, 0) is 4.74 Å². The molecule has 0 aliphatic carbocycles. The summed E-state index contributed by atoms with van der Waals surface area (Å²) >= 11 is 0. The lowest BCUT2D eigenvalue weighted by atomic mass is 9.82. The molecule has 0 saturated carbocycles. The molecular formula is C9H15NO. The average Bonchev–Trinajstić information content (AvgIpc) is 2.39. The fourth-order valence-corrected chi connectivity index (χ4v) is 2.29. The summed E-state index contributed by atoms with van der Waals surface area (Å²) < 4.78 is 5.57. The number of nitrogens with one attached hydrogen (secondary N) is 1. The molecule has 2 heterocycles. The van der Waals surface area contributed by atoms with Crippen molar-refractivity contribution in [1.82, 2.24) is 5.32 Å². The maximum Gasteiger partial charge on any atom is 0.112 e. The summed E-state index contributed by atoms with van der Waals surface area (Å²) in [6, 6.07) is 0.495. The predicted molar refractivity (Wildman–Crippen MR) is 44.2 cm³/mol. The average molecular weight is 153 g/mol. The van der Waals surface area contributed by atoms with E-state index in [2.05, 4.69) is 25.7 Å². The third kappa shape index (κ3) is 0.761. The summed E-state index contributed by atoms with van der Waals surface area (Å²) in [4.78, 5) is 0. The Labute approximate surface area is 67.6 Å². The standard InChI is InChI=1S/C9H15NO/c1-6-8-9(3,4-5-10-8)7(2)11-6/h6,8,10H,2,4-5H2,1,3H3. The highest BCUT2D eigenvalue weighted by molar-refractivity contribution is 5.17. The molecule has 2 aliphatic rings. The molecule has 2 fully saturated rings. The van der Waals surface area contributed by atoms with Crippen molar-refractivity contribution in [2.24, 2.45) is 5.41 Å². The van der Waals surface area contributed by atoms with E-state index in [1.54, 1.807) is 0 Å². The molecule has 1 N–H and O–H groups in total. The maximum atomic E-state index is 5.57. The molecule has 3 atom stereocenters. The van der Waals surface area contributed by atoms with Crippen LogP contribution in [0.15, 0.2) is 12.3 Å². The molecule has 2 saturated heterocycles. The Balaban J connectivity index is 2.32. The molecule has 2 heteroatoms. The van der Waals surface area contributed by atoms with Gasteiger partial charge in [0, 0.05) is 5.41 Å². The van der Waals surface area contributed by atoms with E-state index >= 15 is 0 Å². The zero-order valence-electron chi connectivity index (χ0n) is 7.18. The summed E-state index contributed by atoms with van der Waals surface area (Å²) in [5.74, 6) is 0.972. The Morgan fingerprint density at radius 2 is 2.45 bits per heavy atom. The zero-order chi connectivity index (χ0) is 8.06. The minimum Gasteiger partial charge on any atom is -0.493 e. The van der Waals surface area contributed by atoms with Gasteiger partial charge < -0.3 is 10.1 Å². The Hall–Kier alpha value is -0.500. The van der Waals surface area contributed by atoms with E-state index < -0.39 is 0 Å². The number of fused-ring (bicyclic) bond motifs is 1. The third-order valence-corrected chi connectivity index (χ3v) is 3.13. The fourth-order valence-electron chi connectivity index (χ4n) is 2.29. The van der Waals surface area contributed by atoms with E-state index in [4.69, 9.17) is 4.74 Å². The van der Waals surface area contributed by atoms with Gasteiger partial charge in [0.15, 0.2) is 0 Å². The van der Waals surface area contributed by atoms with Gasteiger partial charge in [-0.25, -0.2) is 0 Å². The van der Waals surface area contributed by atoms with E-state index in [-0.39, 0.29) is 5.41 Å². The van der Waals surface area contributed by atoms with E-state index in [1.165, 1.54) is 6.42 Å². The summed E-state index contributed by atoms with van der Waals surface area (Å²) in [5.41, 5.74) is 0.208. The Kier molecular flexibility index (Phi) is 1.31. The first-order valence-electron chi connectivity index (χ1n) is 4.24. The molecule has 0 aromatic carbocycles. The smallest absolute Gasteiger partial charge is 0.112 e. The van der Waals surface area contributed by atoms with Crippen LogP contribution in [0.3, 0.4) is 0 Å². The molecule has 0 spiro atoms. The van der Waals surface area contributed by atoms with E-state index in [1.807, 2.05) is 0 Å². The van der Waals surface area contributed by atoms with Crippen LogP contribution in [0, 0.1) is 5.41 Å². The Morgan fingerprint density at radius 3 is 3.09 bits per heavy atom. The molecule has 2 nitrogen and oxygen atoms in total. The van der Waals surface area contributed by atoms with Crippen LogP contribution in [0.4, 0.5) is 0 Å². The predicted octanol–water partition coefficient (Wildman–Crippen LogP) is 1.29. The van der Waals surface area contributed by atoms with E-state index in [0.717, 1.165) is 12.3 Å². The van der Waals surface area contributed by atoms with Crippen LogP contribution in [-0.4, -0.2) is 18.7 Å². The van der Waals surface area contributed by atoms with Gasteiger partial charge in [-0.1, -0.05) is 13.5 Å². The van der Waals surface area contributed by atoms with Crippen LogP contribution in [0.2, 0.25) is 0 Å². The number of ether oxygens (including phenoxy) is 1. The fraction of sp³-hybridized carbons (Fsp3) is 0.778. The van der Waals surface area contributed by atoms with Crippen molar-refractivity contribution in [3.8, 4) is 0 Å². The lowest BCUT2D eigenvalue weighted by molar-refractivity contribution is 0.158. The van der Waals surface area contributed by atoms with Gasteiger partial charge in [0.1, 0.15) is 6.10 Å². The second-order valence-electron chi connectivity index (χ2n) is 3.85. The van der Waals surface area contributed by atoms with Crippen LogP contribution < -0.4 is 5.32 Å². The van der Waals surface area contributed by atoms with Crippen LogP contribution in [0.1, 0.15) is 20.3 Å². The van der Waals surface area contributed by atoms with Crippen LogP contribution in [0.5, 0.6) is 0 Å². The molecule has 62 valence electrons. The van der Waals surface area contributed by atoms with E-state index in [9.17, 15) is 0 Å². The topological polar surface area (TPSA) is 21.3 Å². The molecule has 3 unspecified atom stereocenters. The van der Waals surface area contributed by atoms with Gasteiger partial charge in [-0.2, -0.15) is 0 Å². The minimum absolute atomic E-state index is 0.208. The van der Waals surface area contributed by atoms with Crippen LogP contribution in [0.25, 0.3) is 0 Å². The molecule has 0 aromatic rings. The van der Waals surface area contributed by atoms with Crippen molar-refractivity contribution in [3.05, 3.63) is 12.3 Å². The molecule has 2 aliphatic heterocycles. The van der Waals surface area contributed by atoms with Gasteiger partial charge in [-0.05, 0) is 19.9 Å². The molecule has 0 amide bonds. The SMILES string of the molecule is C=C1OC(C)C2NCCC12C. The summed E-state index contributed by atoms with van der Waals surface area (Å²) in [5, 5.41) is 3.45. The largest absolute Gasteiger partial charge is 0.493 e. The Bertz CT molecular complexity index is 202. The number of hydrogen-bond acceptors (Lipinski definition) is 2. The van der Waals surface area contributed by atoms with Crippen molar-refractivity contribution in [1.29, 1.82) is 0 Å². The molecule has 0 radical (unpaired) electrons. The van der Waals surface area contributed by atoms with Crippen molar-refractivity contribution in [2.75, 3.05) is 6.54 Å². The lowest BCUT2D eigenvalue weighted by Crippen LogP contribution is -2.36. The van der Waals surface area contributed by atoms with Crippen molar-refractivity contribution < 1.29 is 4.74 Å². The van der Waals surface area contributed by atoms with Crippen molar-refractivity contribution >= 4 is 0 Å². The van der Waals surface area contributed by atoms with Gasteiger partial charge in [0.05, 0.1) is 11.8 Å². The summed E-state index contributed by atoms with van der Waals surface area (Å²) in [6.07, 6.45) is 1.47. The van der Waals surface area contributed by atoms with Crippen molar-refractivity contribution in [2.45, 2.75) is 32.4 Å². The molecule has 0 bridgehead atoms. The monoisotopic (exact) mass is 153 g/mol. The third-order valence-electron chi connectivity index (χ3n) is 3.13. The minimum atomic E-state index is 0.208. The lowest BCUT2D eigenvalue weighted by Gasteiger charge is -2.20. The summed E-state index contributed by atoms with van der Waals surface area (Å²) in [6.45, 7) is 9.41. The molecule has 2 rings (SSSR count). The molecule has 0 aromatic heterocycles. The number of hydrogen-bond donors (Lipinski definition) is 1. The normalized spacial score (nSPS) is 49.1. The highest BCUT2D eigenvalue weighted by atomic mass is 16.5. The highest BCUT2D eigenvalue weighted by Gasteiger charge is 2.50. The first-order valence-corrected chi connectivity index (χ1v) is 4.24. The second kappa shape index (κ2) is 2.01. The van der Waals surface area contributed by atoms with Gasteiger partial charge >= 0.3 is 0 Å². The number of rotatable bonds is 0. The Morgan fingerprint density at radius 1 is 1.73 bits per heavy atom. The van der Waals surface area contributed by atoms with Crippen LogP contribution >= 0.6 is 0 Å². The highest BCUT2D eigenvalue weighted by Crippen LogP contribution is 2.46. The summed E-state index contributed by atoms with van der Waals surface area (Å²) in [7, 11) is 0. The van der Waals surface area contributed by atoms with E-state index in [0.29, 0.717) is 12.1 Å². The van der Waals surface area contributed by atoms with Gasteiger partial charge in [-0.15, -0.1) is 0 Å². The zero-order valence-corrected chi connectivity index (χ0v) is 7.18. The van der Waals surface area contributed by atoms with Gasteiger partial charge in [-0.3, -0.25) is 0 Å². The molecule has 11 heavy (non-hydrogen) atoms. The quantitative estimate of drug-likeness (QED) is 0.566. The van der Waals surface area contributed by atoms with Gasteiger partial charge in [0.2, 0.25) is 0 Å². The molecular weight excluding hydrogens is 138 g/mol. The first-order chi connectivity index (χ1) is 5.14. The van der Waals surface area contributed by atoms with Crippen molar-refractivity contribution in [3.63, 3.8) is 0 Å². The first kappa shape index (κ1) is 7.17.